The Labute approximate surface area is 141 Å². The van der Waals surface area contributed by atoms with Crippen molar-refractivity contribution >= 4 is 17.6 Å². The number of hydrogen-bond acceptors (Lipinski definition) is 3. The largest absolute Gasteiger partial charge is 0.376 e. The van der Waals surface area contributed by atoms with E-state index in [2.05, 4.69) is 11.4 Å². The van der Waals surface area contributed by atoms with E-state index in [4.69, 9.17) is 21.1 Å². The minimum Gasteiger partial charge on any atom is -0.376 e. The number of hydrogen-bond donors (Lipinski definition) is 1. The number of rotatable bonds is 3. The molecule has 23 heavy (non-hydrogen) atoms. The third-order valence-corrected chi connectivity index (χ3v) is 4.70. The van der Waals surface area contributed by atoms with Gasteiger partial charge < -0.3 is 19.7 Å². The molecule has 1 aromatic carbocycles. The minimum atomic E-state index is -0.0308. The topological polar surface area (TPSA) is 50.8 Å². The molecular formula is C17H23ClN2O3. The first kappa shape index (κ1) is 16.6. The molecule has 2 fully saturated rings. The molecule has 6 heteroatoms. The van der Waals surface area contributed by atoms with E-state index < -0.39 is 0 Å². The summed E-state index contributed by atoms with van der Waals surface area (Å²) in [6, 6.07) is 8.02. The first-order valence-electron chi connectivity index (χ1n) is 8.20. The molecule has 1 aromatic rings. The highest BCUT2D eigenvalue weighted by Gasteiger charge is 2.24. The highest BCUT2D eigenvalue weighted by atomic mass is 35.5. The Morgan fingerprint density at radius 2 is 2.13 bits per heavy atom. The number of urea groups is 1. The number of benzene rings is 1. The van der Waals surface area contributed by atoms with Gasteiger partial charge in [-0.3, -0.25) is 0 Å². The zero-order chi connectivity index (χ0) is 16.1. The first-order valence-corrected chi connectivity index (χ1v) is 8.58. The van der Waals surface area contributed by atoms with Gasteiger partial charge in [-0.2, -0.15) is 0 Å². The molecule has 2 aliphatic heterocycles. The summed E-state index contributed by atoms with van der Waals surface area (Å²) >= 11 is 6.06. The Hall–Kier alpha value is -1.30. The maximum Gasteiger partial charge on any atom is 0.317 e. The predicted octanol–water partition coefficient (Wildman–Crippen LogP) is 2.64. The van der Waals surface area contributed by atoms with Gasteiger partial charge in [-0.15, -0.1) is 0 Å². The van der Waals surface area contributed by atoms with E-state index in [1.165, 1.54) is 5.56 Å². The van der Waals surface area contributed by atoms with E-state index in [1.54, 1.807) is 0 Å². The normalized spacial score (nSPS) is 22.8. The minimum absolute atomic E-state index is 0.0104. The molecule has 2 heterocycles. The van der Waals surface area contributed by atoms with Crippen LogP contribution in [0.15, 0.2) is 24.3 Å². The van der Waals surface area contributed by atoms with Gasteiger partial charge in [-0.05, 0) is 36.5 Å². The Morgan fingerprint density at radius 1 is 1.30 bits per heavy atom. The number of piperidine rings is 1. The SMILES string of the molecule is O=C(NCC1COCCO1)N1CCC(c2cccc(Cl)c2)CC1. The summed E-state index contributed by atoms with van der Waals surface area (Å²) in [5.41, 5.74) is 1.27. The fourth-order valence-electron chi connectivity index (χ4n) is 3.14. The van der Waals surface area contributed by atoms with Gasteiger partial charge in [0.1, 0.15) is 0 Å². The van der Waals surface area contributed by atoms with E-state index >= 15 is 0 Å². The molecule has 0 saturated carbocycles. The zero-order valence-corrected chi connectivity index (χ0v) is 13.9. The number of amides is 2. The number of nitrogens with one attached hydrogen (secondary N) is 1. The summed E-state index contributed by atoms with van der Waals surface area (Å²) in [6.07, 6.45) is 1.91. The number of likely N-dealkylation sites (tertiary alicyclic amines) is 1. The predicted molar refractivity (Wildman–Crippen MR) is 89.0 cm³/mol. The second-order valence-electron chi connectivity index (χ2n) is 6.07. The van der Waals surface area contributed by atoms with E-state index in [0.717, 1.165) is 31.0 Å². The lowest BCUT2D eigenvalue weighted by Gasteiger charge is -2.33. The maximum atomic E-state index is 12.2. The van der Waals surface area contributed by atoms with Crippen molar-refractivity contribution in [2.75, 3.05) is 39.5 Å². The van der Waals surface area contributed by atoms with Crippen LogP contribution in [0.4, 0.5) is 4.79 Å². The molecule has 2 aliphatic rings. The van der Waals surface area contributed by atoms with E-state index in [1.807, 2.05) is 23.1 Å². The Morgan fingerprint density at radius 3 is 2.83 bits per heavy atom. The third-order valence-electron chi connectivity index (χ3n) is 4.47. The smallest absolute Gasteiger partial charge is 0.317 e. The van der Waals surface area contributed by atoms with Crippen molar-refractivity contribution in [2.45, 2.75) is 24.9 Å². The fraction of sp³-hybridized carbons (Fsp3) is 0.588. The van der Waals surface area contributed by atoms with Crippen molar-refractivity contribution in [2.24, 2.45) is 0 Å². The molecule has 0 spiro atoms. The van der Waals surface area contributed by atoms with Crippen molar-refractivity contribution in [3.63, 3.8) is 0 Å². The van der Waals surface area contributed by atoms with Crippen molar-refractivity contribution in [3.05, 3.63) is 34.9 Å². The Bertz CT molecular complexity index is 526. The van der Waals surface area contributed by atoms with Gasteiger partial charge >= 0.3 is 6.03 Å². The maximum absolute atomic E-state index is 12.2. The van der Waals surface area contributed by atoms with E-state index in [0.29, 0.717) is 32.3 Å². The van der Waals surface area contributed by atoms with Crippen LogP contribution in [0.2, 0.25) is 5.02 Å². The summed E-state index contributed by atoms with van der Waals surface area (Å²) in [4.78, 5) is 14.1. The lowest BCUT2D eigenvalue weighted by atomic mass is 9.89. The zero-order valence-electron chi connectivity index (χ0n) is 13.2. The van der Waals surface area contributed by atoms with Crippen LogP contribution in [0.5, 0.6) is 0 Å². The summed E-state index contributed by atoms with van der Waals surface area (Å²) in [6.45, 7) is 3.84. The van der Waals surface area contributed by atoms with E-state index in [9.17, 15) is 4.79 Å². The molecule has 1 atom stereocenters. The Kier molecular flexibility index (Phi) is 5.75. The van der Waals surface area contributed by atoms with Crippen LogP contribution in [-0.4, -0.2) is 56.5 Å². The van der Waals surface area contributed by atoms with Crippen molar-refractivity contribution in [3.8, 4) is 0 Å². The number of carbonyl (C=O) groups excluding carboxylic acids is 1. The van der Waals surface area contributed by atoms with Gasteiger partial charge in [0, 0.05) is 24.7 Å². The molecule has 5 nitrogen and oxygen atoms in total. The summed E-state index contributed by atoms with van der Waals surface area (Å²) in [5.74, 6) is 0.479. The molecule has 1 unspecified atom stereocenters. The first-order chi connectivity index (χ1) is 11.2. The molecule has 2 saturated heterocycles. The van der Waals surface area contributed by atoms with Crippen molar-refractivity contribution < 1.29 is 14.3 Å². The number of halogens is 1. The molecule has 0 aromatic heterocycles. The van der Waals surface area contributed by atoms with Gasteiger partial charge in [0.25, 0.3) is 0 Å². The second-order valence-corrected chi connectivity index (χ2v) is 6.51. The summed E-state index contributed by atoms with van der Waals surface area (Å²) < 4.78 is 10.9. The highest BCUT2D eigenvalue weighted by molar-refractivity contribution is 6.30. The summed E-state index contributed by atoms with van der Waals surface area (Å²) in [7, 11) is 0. The van der Waals surface area contributed by atoms with Gasteiger partial charge in [0.2, 0.25) is 0 Å². The average molecular weight is 339 g/mol. The molecule has 126 valence electrons. The van der Waals surface area contributed by atoms with Crippen LogP contribution in [0.25, 0.3) is 0 Å². The third kappa shape index (κ3) is 4.59. The van der Waals surface area contributed by atoms with Crippen LogP contribution in [-0.2, 0) is 9.47 Å². The van der Waals surface area contributed by atoms with Crippen LogP contribution >= 0.6 is 11.6 Å². The fourth-order valence-corrected chi connectivity index (χ4v) is 3.34. The molecule has 1 N–H and O–H groups in total. The molecule has 0 aliphatic carbocycles. The van der Waals surface area contributed by atoms with Gasteiger partial charge in [-0.1, -0.05) is 23.7 Å². The van der Waals surface area contributed by atoms with Crippen molar-refractivity contribution in [1.29, 1.82) is 0 Å². The molecule has 0 radical (unpaired) electrons. The number of ether oxygens (including phenoxy) is 2. The molecule has 2 amide bonds. The number of carbonyl (C=O) groups is 1. The van der Waals surface area contributed by atoms with Crippen LogP contribution in [0.1, 0.15) is 24.3 Å². The number of nitrogens with zero attached hydrogens (tertiary/aromatic N) is 1. The second kappa shape index (κ2) is 7.99. The van der Waals surface area contributed by atoms with Gasteiger partial charge in [0.15, 0.2) is 0 Å². The molecule has 0 bridgehead atoms. The van der Waals surface area contributed by atoms with Crippen LogP contribution in [0.3, 0.4) is 0 Å². The quantitative estimate of drug-likeness (QED) is 0.921. The molecule has 3 rings (SSSR count). The molecular weight excluding hydrogens is 316 g/mol. The lowest BCUT2D eigenvalue weighted by molar-refractivity contribution is -0.0856. The van der Waals surface area contributed by atoms with Gasteiger partial charge in [-0.25, -0.2) is 4.79 Å². The van der Waals surface area contributed by atoms with E-state index in [-0.39, 0.29) is 12.1 Å². The Balaban J connectivity index is 1.43. The monoisotopic (exact) mass is 338 g/mol. The lowest BCUT2D eigenvalue weighted by Crippen LogP contribution is -2.47. The standard InChI is InChI=1S/C17H23ClN2O3/c18-15-3-1-2-14(10-15)13-4-6-20(7-5-13)17(21)19-11-16-12-22-8-9-23-16/h1-3,10,13,16H,4-9,11-12H2,(H,19,21). The summed E-state index contributed by atoms with van der Waals surface area (Å²) in [5, 5.41) is 3.72. The van der Waals surface area contributed by atoms with Crippen LogP contribution < -0.4 is 5.32 Å². The highest BCUT2D eigenvalue weighted by Crippen LogP contribution is 2.29. The van der Waals surface area contributed by atoms with Crippen LogP contribution in [0, 0.1) is 0 Å². The van der Waals surface area contributed by atoms with Gasteiger partial charge in [0.05, 0.1) is 25.9 Å². The van der Waals surface area contributed by atoms with Crippen molar-refractivity contribution in [1.82, 2.24) is 10.2 Å². The average Bonchev–Trinajstić information content (AvgIpc) is 2.61.